The van der Waals surface area contributed by atoms with Crippen LogP contribution in [0.3, 0.4) is 0 Å². The molecule has 0 N–H and O–H groups in total. The van der Waals surface area contributed by atoms with Crippen LogP contribution in [0.4, 0.5) is 5.69 Å². The molecule has 3 heterocycles. The molecule has 144 valence electrons. The second-order valence-corrected chi connectivity index (χ2v) is 7.18. The number of imidazole rings is 2. The maximum absolute atomic E-state index is 4.40. The van der Waals surface area contributed by atoms with Crippen LogP contribution in [0.2, 0.25) is 0 Å². The lowest BCUT2D eigenvalue weighted by atomic mass is 10.1. The van der Waals surface area contributed by atoms with Crippen molar-refractivity contribution in [3.05, 3.63) is 54.5 Å². The normalized spacial score (nSPS) is 15.7. The fraction of sp³-hybridized carbons (Fsp3) is 0.429. The lowest BCUT2D eigenvalue weighted by Crippen LogP contribution is -2.28. The van der Waals surface area contributed by atoms with Gasteiger partial charge in [0.05, 0.1) is 18.2 Å². The zero-order chi connectivity index (χ0) is 18.1. The van der Waals surface area contributed by atoms with E-state index in [9.17, 15) is 0 Å². The van der Waals surface area contributed by atoms with Crippen molar-refractivity contribution in [2.24, 2.45) is 0 Å². The fourth-order valence-corrected chi connectivity index (χ4v) is 4.13. The Morgan fingerprint density at radius 1 is 1.19 bits per heavy atom. The van der Waals surface area contributed by atoms with Gasteiger partial charge in [-0.25, -0.2) is 9.97 Å². The lowest BCUT2D eigenvalue weighted by Gasteiger charge is -2.22. The summed E-state index contributed by atoms with van der Waals surface area (Å²) < 4.78 is 4.47. The molecule has 0 bridgehead atoms. The minimum Gasteiger partial charge on any atom is -0.369 e. The van der Waals surface area contributed by atoms with Gasteiger partial charge in [-0.1, -0.05) is 6.07 Å². The summed E-state index contributed by atoms with van der Waals surface area (Å²) >= 11 is 0. The maximum Gasteiger partial charge on any atom is 0.105 e. The fourth-order valence-electron chi connectivity index (χ4n) is 4.13. The Hall–Kier alpha value is -2.27. The quantitative estimate of drug-likeness (QED) is 0.633. The first-order valence-electron chi connectivity index (χ1n) is 9.55. The second-order valence-electron chi connectivity index (χ2n) is 7.18. The molecule has 1 aromatic carbocycles. The number of anilines is 1. The molecule has 0 saturated carbocycles. The molecular weight excluding hydrogens is 358 g/mol. The molecule has 1 atom stereocenters. The summed E-state index contributed by atoms with van der Waals surface area (Å²) in [6.07, 6.45) is 10.0. The summed E-state index contributed by atoms with van der Waals surface area (Å²) in [6, 6.07) is 7.47. The average molecular weight is 386 g/mol. The number of fused-ring (bicyclic) bond motifs is 1. The predicted molar refractivity (Wildman–Crippen MR) is 113 cm³/mol. The average Bonchev–Trinajstić information content (AvgIpc) is 3.33. The Kier molecular flexibility index (Phi) is 5.90. The molecule has 0 amide bonds. The van der Waals surface area contributed by atoms with E-state index >= 15 is 0 Å². The van der Waals surface area contributed by atoms with Gasteiger partial charge in [-0.15, -0.1) is 12.4 Å². The third-order valence-electron chi connectivity index (χ3n) is 5.51. The number of hydrogen-bond donors (Lipinski definition) is 0. The lowest BCUT2D eigenvalue weighted by molar-refractivity contribution is 0.557. The Morgan fingerprint density at radius 2 is 2.00 bits per heavy atom. The van der Waals surface area contributed by atoms with Crippen LogP contribution in [0.1, 0.15) is 31.7 Å². The molecule has 0 saturated heterocycles. The van der Waals surface area contributed by atoms with E-state index in [1.165, 1.54) is 22.5 Å². The van der Waals surface area contributed by atoms with Gasteiger partial charge in [-0.3, -0.25) is 0 Å². The highest BCUT2D eigenvalue weighted by Crippen LogP contribution is 2.35. The van der Waals surface area contributed by atoms with E-state index < -0.39 is 0 Å². The number of benzene rings is 1. The first-order chi connectivity index (χ1) is 12.7. The van der Waals surface area contributed by atoms with Gasteiger partial charge in [-0.2, -0.15) is 0 Å². The van der Waals surface area contributed by atoms with Gasteiger partial charge in [0.2, 0.25) is 0 Å². The summed E-state index contributed by atoms with van der Waals surface area (Å²) in [5, 5.41) is 0. The highest BCUT2D eigenvalue weighted by Gasteiger charge is 2.25. The van der Waals surface area contributed by atoms with Gasteiger partial charge < -0.3 is 14.0 Å². The highest BCUT2D eigenvalue weighted by atomic mass is 35.5. The smallest absolute Gasteiger partial charge is 0.105 e. The molecule has 1 aliphatic heterocycles. The van der Waals surface area contributed by atoms with E-state index in [0.717, 1.165) is 38.3 Å². The van der Waals surface area contributed by atoms with Gasteiger partial charge in [0.15, 0.2) is 0 Å². The summed E-state index contributed by atoms with van der Waals surface area (Å²) in [6.45, 7) is 9.60. The summed E-state index contributed by atoms with van der Waals surface area (Å²) in [7, 11) is 0. The first kappa shape index (κ1) is 19.5. The van der Waals surface area contributed by atoms with Gasteiger partial charge in [0.1, 0.15) is 5.82 Å². The van der Waals surface area contributed by atoms with E-state index in [1.807, 2.05) is 31.8 Å². The molecular formula is C21H28ClN5. The first-order valence-corrected chi connectivity index (χ1v) is 9.55. The van der Waals surface area contributed by atoms with Crippen molar-refractivity contribution < 1.29 is 0 Å². The van der Waals surface area contributed by atoms with Gasteiger partial charge >= 0.3 is 0 Å². The van der Waals surface area contributed by atoms with Crippen molar-refractivity contribution >= 4 is 18.1 Å². The molecule has 0 radical (unpaired) electrons. The zero-order valence-corrected chi connectivity index (χ0v) is 17.1. The van der Waals surface area contributed by atoms with E-state index in [4.69, 9.17) is 0 Å². The summed E-state index contributed by atoms with van der Waals surface area (Å²) in [5.41, 5.74) is 5.33. The molecule has 0 fully saturated rings. The predicted octanol–water partition coefficient (Wildman–Crippen LogP) is 4.34. The number of rotatable bonds is 6. The number of aromatic nitrogens is 4. The van der Waals surface area contributed by atoms with Crippen LogP contribution in [0, 0.1) is 6.92 Å². The van der Waals surface area contributed by atoms with Crippen LogP contribution in [0.5, 0.6) is 0 Å². The van der Waals surface area contributed by atoms with Crippen molar-refractivity contribution in [1.29, 1.82) is 0 Å². The monoisotopic (exact) mass is 385 g/mol. The molecule has 2 aromatic heterocycles. The van der Waals surface area contributed by atoms with Crippen LogP contribution < -0.4 is 4.90 Å². The molecule has 5 nitrogen and oxygen atoms in total. The van der Waals surface area contributed by atoms with Gasteiger partial charge in [0.25, 0.3) is 0 Å². The van der Waals surface area contributed by atoms with Crippen LogP contribution in [-0.2, 0) is 19.5 Å². The zero-order valence-electron chi connectivity index (χ0n) is 16.3. The molecule has 27 heavy (non-hydrogen) atoms. The van der Waals surface area contributed by atoms with Crippen LogP contribution in [-0.4, -0.2) is 31.7 Å². The van der Waals surface area contributed by atoms with Crippen molar-refractivity contribution in [3.8, 4) is 11.3 Å². The van der Waals surface area contributed by atoms with E-state index in [1.54, 1.807) is 0 Å². The van der Waals surface area contributed by atoms with Crippen molar-refractivity contribution in [2.75, 3.05) is 11.4 Å². The van der Waals surface area contributed by atoms with Crippen molar-refractivity contribution in [2.45, 2.75) is 52.7 Å². The summed E-state index contributed by atoms with van der Waals surface area (Å²) in [4.78, 5) is 11.2. The Balaban J connectivity index is 0.00000210. The molecule has 1 aliphatic rings. The molecule has 1 unspecified atom stereocenters. The van der Waals surface area contributed by atoms with Crippen molar-refractivity contribution in [1.82, 2.24) is 19.1 Å². The third-order valence-corrected chi connectivity index (χ3v) is 5.51. The van der Waals surface area contributed by atoms with Crippen LogP contribution in [0.15, 0.2) is 43.1 Å². The number of halogens is 1. The van der Waals surface area contributed by atoms with Crippen molar-refractivity contribution in [3.63, 3.8) is 0 Å². The Morgan fingerprint density at radius 3 is 2.74 bits per heavy atom. The van der Waals surface area contributed by atoms with Crippen LogP contribution in [0.25, 0.3) is 11.3 Å². The third kappa shape index (κ3) is 3.74. The minimum atomic E-state index is 0. The van der Waals surface area contributed by atoms with Gasteiger partial charge in [0, 0.05) is 49.3 Å². The molecule has 0 spiro atoms. The van der Waals surface area contributed by atoms with E-state index in [0.29, 0.717) is 6.04 Å². The SMILES string of the molecule is CCN1c2ccc(-c3cncn3CCCn3ccnc3C)cc2CC1C.Cl. The summed E-state index contributed by atoms with van der Waals surface area (Å²) in [5.74, 6) is 1.07. The topological polar surface area (TPSA) is 38.9 Å². The standard InChI is InChI=1S/C21H27N5.ClH/c1-4-26-16(2)12-19-13-18(6-7-20(19)26)21-14-22-15-25(21)10-5-9-24-11-8-23-17(24)3;/h6-8,11,13-16H,4-5,9-10,12H2,1-3H3;1H. The Bertz CT molecular complexity index is 898. The largest absolute Gasteiger partial charge is 0.369 e. The molecule has 0 aliphatic carbocycles. The van der Waals surface area contributed by atoms with Gasteiger partial charge in [-0.05, 0) is 51.3 Å². The number of nitrogens with zero attached hydrogens (tertiary/aromatic N) is 5. The number of aryl methyl sites for hydroxylation is 3. The highest BCUT2D eigenvalue weighted by molar-refractivity contribution is 5.85. The number of hydrogen-bond acceptors (Lipinski definition) is 3. The maximum atomic E-state index is 4.40. The van der Waals surface area contributed by atoms with E-state index in [2.05, 4.69) is 56.0 Å². The second kappa shape index (κ2) is 8.17. The molecule has 4 rings (SSSR count). The van der Waals surface area contributed by atoms with Crippen LogP contribution >= 0.6 is 12.4 Å². The minimum absolute atomic E-state index is 0. The Labute approximate surface area is 167 Å². The van der Waals surface area contributed by atoms with E-state index in [-0.39, 0.29) is 12.4 Å². The molecule has 6 heteroatoms. The molecule has 3 aromatic rings. The number of likely N-dealkylation sites (N-methyl/N-ethyl adjacent to an activating group) is 1.